The van der Waals surface area contributed by atoms with E-state index in [-0.39, 0.29) is 0 Å². The molecule has 1 aromatic heterocycles. The Hall–Kier alpha value is -1.31. The van der Waals surface area contributed by atoms with E-state index in [1.54, 1.807) is 0 Å². The molecule has 1 aliphatic carbocycles. The molecule has 92 valence electrons. The number of hydrogen-bond acceptors (Lipinski definition) is 2. The summed E-state index contributed by atoms with van der Waals surface area (Å²) in [7, 11) is 0. The van der Waals surface area contributed by atoms with Crippen molar-refractivity contribution in [3.63, 3.8) is 0 Å². The summed E-state index contributed by atoms with van der Waals surface area (Å²) in [6.45, 7) is 7.05. The van der Waals surface area contributed by atoms with Gasteiger partial charge in [-0.15, -0.1) is 0 Å². The molecule has 0 saturated heterocycles. The van der Waals surface area contributed by atoms with Gasteiger partial charge in [-0.3, -0.25) is 4.98 Å². The molecule has 3 rings (SSSR count). The molecule has 2 heterocycles. The zero-order valence-corrected chi connectivity index (χ0v) is 11.0. The van der Waals surface area contributed by atoms with Crippen LogP contribution in [-0.2, 0) is 11.2 Å². The van der Waals surface area contributed by atoms with Crippen LogP contribution in [0.15, 0.2) is 12.3 Å². The minimum absolute atomic E-state index is 0.864. The summed E-state index contributed by atoms with van der Waals surface area (Å²) in [6, 6.07) is 2.14. The van der Waals surface area contributed by atoms with E-state index in [1.807, 2.05) is 20.0 Å². The lowest BCUT2D eigenvalue weighted by molar-refractivity contribution is 0.261. The van der Waals surface area contributed by atoms with Gasteiger partial charge in [-0.25, -0.2) is 0 Å². The van der Waals surface area contributed by atoms with E-state index in [2.05, 4.69) is 18.0 Å². The van der Waals surface area contributed by atoms with Crippen molar-refractivity contribution in [2.24, 2.45) is 0 Å². The lowest BCUT2D eigenvalue weighted by atomic mass is 9.99. The maximum absolute atomic E-state index is 5.82. The number of nitrogens with zero attached hydrogens (tertiary/aromatic N) is 1. The highest BCUT2D eigenvalue weighted by Gasteiger charge is 2.15. The van der Waals surface area contributed by atoms with Gasteiger partial charge < -0.3 is 4.74 Å². The Kier molecular flexibility index (Phi) is 3.82. The van der Waals surface area contributed by atoms with Crippen molar-refractivity contribution in [3.05, 3.63) is 28.4 Å². The third-order valence-electron chi connectivity index (χ3n) is 3.31. The summed E-state index contributed by atoms with van der Waals surface area (Å²) in [4.78, 5) is 4.50. The molecule has 2 nitrogen and oxygen atoms in total. The Balaban J connectivity index is 0.000000514. The fraction of sp³-hybridized carbons (Fsp3) is 0.533. The minimum atomic E-state index is 0.864. The molecule has 17 heavy (non-hydrogen) atoms. The maximum Gasteiger partial charge on any atom is 0.106 e. The zero-order valence-electron chi connectivity index (χ0n) is 11.0. The zero-order chi connectivity index (χ0) is 12.3. The monoisotopic (exact) mass is 231 g/mol. The van der Waals surface area contributed by atoms with Crippen molar-refractivity contribution in [2.45, 2.75) is 46.5 Å². The molecule has 0 amide bonds. The van der Waals surface area contributed by atoms with Gasteiger partial charge in [0.1, 0.15) is 5.76 Å². The fourth-order valence-corrected chi connectivity index (χ4v) is 2.49. The topological polar surface area (TPSA) is 22.1 Å². The van der Waals surface area contributed by atoms with Crippen LogP contribution in [0, 0.1) is 0 Å². The van der Waals surface area contributed by atoms with E-state index in [0.717, 1.165) is 32.3 Å². The lowest BCUT2D eigenvalue weighted by Gasteiger charge is -2.13. The van der Waals surface area contributed by atoms with Crippen LogP contribution in [-0.4, -0.2) is 11.6 Å². The molecule has 0 aromatic carbocycles. The van der Waals surface area contributed by atoms with E-state index in [9.17, 15) is 0 Å². The van der Waals surface area contributed by atoms with Gasteiger partial charge in [0.2, 0.25) is 0 Å². The summed E-state index contributed by atoms with van der Waals surface area (Å²) in [5.41, 5.74) is 2.83. The molecule has 0 fully saturated rings. The summed E-state index contributed by atoms with van der Waals surface area (Å²) in [5.74, 6) is 1.18. The van der Waals surface area contributed by atoms with Crippen LogP contribution in [0.5, 0.6) is 0 Å². The Bertz CT molecular complexity index is 516. The Morgan fingerprint density at radius 2 is 2.00 bits per heavy atom. The van der Waals surface area contributed by atoms with Crippen molar-refractivity contribution in [1.29, 1.82) is 0 Å². The average molecular weight is 231 g/mol. The van der Waals surface area contributed by atoms with Crippen molar-refractivity contribution < 1.29 is 4.74 Å². The van der Waals surface area contributed by atoms with Crippen LogP contribution >= 0.6 is 0 Å². The van der Waals surface area contributed by atoms with Crippen molar-refractivity contribution >= 4 is 11.3 Å². The number of aryl methyl sites for hydroxylation is 1. The molecule has 0 radical (unpaired) electrons. The molecule has 0 atom stereocenters. The molecule has 0 N–H and O–H groups in total. The third kappa shape index (κ3) is 2.21. The molecule has 0 unspecified atom stereocenters. The molecule has 2 heteroatoms. The van der Waals surface area contributed by atoms with Gasteiger partial charge in [0.15, 0.2) is 0 Å². The first-order valence-corrected chi connectivity index (χ1v) is 6.66. The predicted molar refractivity (Wildman–Crippen MR) is 70.8 cm³/mol. The van der Waals surface area contributed by atoms with Gasteiger partial charge in [-0.1, -0.05) is 13.8 Å². The van der Waals surface area contributed by atoms with Crippen LogP contribution in [0.1, 0.15) is 45.6 Å². The fourth-order valence-electron chi connectivity index (χ4n) is 2.49. The van der Waals surface area contributed by atoms with Gasteiger partial charge in [-0.05, 0) is 43.4 Å². The number of hydrogen-bond donors (Lipinski definition) is 0. The molecular formula is C15H21NO. The summed E-state index contributed by atoms with van der Waals surface area (Å²) in [6.07, 6.45) is 6.34. The lowest BCUT2D eigenvalue weighted by Crippen LogP contribution is -2.37. The largest absolute Gasteiger partial charge is 0.497 e. The van der Waals surface area contributed by atoms with Gasteiger partial charge in [0, 0.05) is 17.8 Å². The second kappa shape index (κ2) is 5.35. The molecule has 1 aromatic rings. The predicted octanol–water partition coefficient (Wildman–Crippen LogP) is 2.14. The highest BCUT2D eigenvalue weighted by atomic mass is 16.5. The Labute approximate surface area is 103 Å². The van der Waals surface area contributed by atoms with Crippen LogP contribution in [0.4, 0.5) is 0 Å². The SMILES string of the molecule is CC.CC1=c2nccc3c2=C(CC1)OCCC3. The van der Waals surface area contributed by atoms with Gasteiger partial charge >= 0.3 is 0 Å². The molecule has 0 saturated carbocycles. The van der Waals surface area contributed by atoms with Crippen molar-refractivity contribution in [1.82, 2.24) is 4.98 Å². The summed E-state index contributed by atoms with van der Waals surface area (Å²) < 4.78 is 5.82. The minimum Gasteiger partial charge on any atom is -0.497 e. The Morgan fingerprint density at radius 1 is 1.18 bits per heavy atom. The van der Waals surface area contributed by atoms with Crippen LogP contribution in [0.3, 0.4) is 0 Å². The van der Waals surface area contributed by atoms with E-state index < -0.39 is 0 Å². The smallest absolute Gasteiger partial charge is 0.106 e. The first-order valence-electron chi connectivity index (χ1n) is 6.66. The van der Waals surface area contributed by atoms with Crippen molar-refractivity contribution in [3.8, 4) is 0 Å². The van der Waals surface area contributed by atoms with E-state index >= 15 is 0 Å². The summed E-state index contributed by atoms with van der Waals surface area (Å²) >= 11 is 0. The van der Waals surface area contributed by atoms with E-state index in [4.69, 9.17) is 4.74 Å². The highest BCUT2D eigenvalue weighted by Crippen LogP contribution is 2.18. The summed E-state index contributed by atoms with van der Waals surface area (Å²) in [5, 5.41) is 2.48. The Morgan fingerprint density at radius 3 is 2.82 bits per heavy atom. The quantitative estimate of drug-likeness (QED) is 0.682. The van der Waals surface area contributed by atoms with Gasteiger partial charge in [0.25, 0.3) is 0 Å². The normalized spacial score (nSPS) is 17.4. The van der Waals surface area contributed by atoms with E-state index in [0.29, 0.717) is 0 Å². The first kappa shape index (κ1) is 12.2. The second-order valence-electron chi connectivity index (χ2n) is 4.35. The molecule has 0 bridgehead atoms. The standard InChI is InChI=1S/C13H15NO.C2H6/c1-9-4-5-11-12-10(3-2-8-15-11)6-7-14-13(9)12;1-2/h6-7H,2-5,8H2,1H3;1-2H3. The third-order valence-corrected chi connectivity index (χ3v) is 3.31. The second-order valence-corrected chi connectivity index (χ2v) is 4.35. The number of aromatic nitrogens is 1. The molecule has 2 aliphatic rings. The molecule has 0 spiro atoms. The number of rotatable bonds is 0. The van der Waals surface area contributed by atoms with Crippen LogP contribution < -0.4 is 10.6 Å². The van der Waals surface area contributed by atoms with Crippen LogP contribution in [0.2, 0.25) is 0 Å². The highest BCUT2D eigenvalue weighted by molar-refractivity contribution is 5.53. The molecular weight excluding hydrogens is 210 g/mol. The number of ether oxygens (including phenoxy) is 1. The average Bonchev–Trinajstić information content (AvgIpc) is 2.60. The first-order chi connectivity index (χ1) is 8.36. The molecule has 1 aliphatic heterocycles. The van der Waals surface area contributed by atoms with E-state index in [1.165, 1.54) is 27.5 Å². The van der Waals surface area contributed by atoms with Gasteiger partial charge in [0.05, 0.1) is 12.0 Å². The number of pyridine rings is 1. The van der Waals surface area contributed by atoms with Crippen LogP contribution in [0.25, 0.3) is 11.3 Å². The van der Waals surface area contributed by atoms with Crippen molar-refractivity contribution in [2.75, 3.05) is 6.61 Å². The van der Waals surface area contributed by atoms with Gasteiger partial charge in [-0.2, -0.15) is 0 Å². The maximum atomic E-state index is 5.82.